The first-order valence-electron chi connectivity index (χ1n) is 9.81. The molecule has 2 heterocycles. The Morgan fingerprint density at radius 3 is 1.26 bits per heavy atom. The molecule has 18 heteroatoms. The number of aromatic nitrogens is 2. The van der Waals surface area contributed by atoms with E-state index in [9.17, 15) is 16.8 Å². The van der Waals surface area contributed by atoms with Crippen LogP contribution in [0.15, 0.2) is 64.2 Å². The minimum atomic E-state index is -3.82. The molecule has 0 fully saturated rings. The van der Waals surface area contributed by atoms with E-state index in [1.165, 1.54) is 36.4 Å². The molecule has 0 radical (unpaired) electrons. The Hall–Kier alpha value is -1.52. The number of anilines is 2. The summed E-state index contributed by atoms with van der Waals surface area (Å²) in [6, 6.07) is 7.99. The Balaban J connectivity index is 0.000000211. The molecule has 2 aromatic carbocycles. The first-order chi connectivity index (χ1) is 17.6. The summed E-state index contributed by atoms with van der Waals surface area (Å²) in [4.78, 5) is -0.0503. The molecule has 0 aliphatic carbocycles. The Morgan fingerprint density at radius 1 is 0.658 bits per heavy atom. The van der Waals surface area contributed by atoms with E-state index >= 15 is 0 Å². The monoisotopic (exact) mass is 768 g/mol. The molecule has 0 aliphatic heterocycles. The molecule has 2 aromatic heterocycles. The average molecular weight is 772 g/mol. The van der Waals surface area contributed by atoms with Gasteiger partial charge in [-0.1, -0.05) is 56.7 Å². The molecule has 0 bridgehead atoms. The maximum atomic E-state index is 12.1. The third-order valence-corrected chi connectivity index (χ3v) is 10.4. The molecular formula is C20H14Br2Cl4N4O6S2. The van der Waals surface area contributed by atoms with Crippen LogP contribution in [0.4, 0.5) is 11.8 Å². The topological polar surface area (TPSA) is 144 Å². The molecule has 0 amide bonds. The predicted molar refractivity (Wildman–Crippen MR) is 152 cm³/mol. The van der Waals surface area contributed by atoms with Gasteiger partial charge < -0.3 is 9.05 Å². The molecule has 38 heavy (non-hydrogen) atoms. The lowest BCUT2D eigenvalue weighted by Crippen LogP contribution is -2.12. The van der Waals surface area contributed by atoms with E-state index in [1.807, 2.05) is 0 Å². The molecule has 4 rings (SSSR count). The molecule has 0 atom stereocenters. The van der Waals surface area contributed by atoms with Crippen molar-refractivity contribution in [3.8, 4) is 0 Å². The molecular weight excluding hydrogens is 758 g/mol. The first kappa shape index (κ1) is 31.0. The quantitative estimate of drug-likeness (QED) is 0.203. The van der Waals surface area contributed by atoms with Crippen LogP contribution in [0.3, 0.4) is 0 Å². The van der Waals surface area contributed by atoms with Crippen LogP contribution in [0.25, 0.3) is 0 Å². The summed E-state index contributed by atoms with van der Waals surface area (Å²) in [5, 5.41) is 8.11. The number of hydrogen-bond acceptors (Lipinski definition) is 8. The molecule has 0 unspecified atom stereocenters. The van der Waals surface area contributed by atoms with Gasteiger partial charge in [-0.25, -0.2) is 26.3 Å². The van der Waals surface area contributed by atoms with Gasteiger partial charge >= 0.3 is 0 Å². The maximum absolute atomic E-state index is 12.1. The lowest BCUT2D eigenvalue weighted by Gasteiger charge is -2.06. The fourth-order valence-corrected chi connectivity index (χ4v) is 6.01. The predicted octanol–water partition coefficient (Wildman–Crippen LogP) is 7.71. The van der Waals surface area contributed by atoms with Crippen LogP contribution in [-0.2, 0) is 20.0 Å². The number of sulfonamides is 2. The highest BCUT2D eigenvalue weighted by Crippen LogP contribution is 2.31. The van der Waals surface area contributed by atoms with E-state index in [4.69, 9.17) is 55.4 Å². The summed E-state index contributed by atoms with van der Waals surface area (Å²) in [6.45, 7) is 3.34. The maximum Gasteiger partial charge on any atom is 0.264 e. The first-order valence-corrected chi connectivity index (χ1v) is 15.9. The molecule has 2 N–H and O–H groups in total. The summed E-state index contributed by atoms with van der Waals surface area (Å²) >= 11 is 29.4. The fourth-order valence-electron chi connectivity index (χ4n) is 2.49. The second kappa shape index (κ2) is 12.3. The highest BCUT2D eigenvalue weighted by molar-refractivity contribution is 9.11. The van der Waals surface area contributed by atoms with Crippen molar-refractivity contribution in [3.63, 3.8) is 0 Å². The van der Waals surface area contributed by atoms with Crippen LogP contribution in [0.1, 0.15) is 11.4 Å². The van der Waals surface area contributed by atoms with Crippen LogP contribution in [0, 0.1) is 13.8 Å². The lowest BCUT2D eigenvalue weighted by molar-refractivity contribution is 0.430. The van der Waals surface area contributed by atoms with Crippen molar-refractivity contribution >= 4 is 110 Å². The zero-order chi connectivity index (χ0) is 28.4. The Morgan fingerprint density at radius 2 is 1.00 bits per heavy atom. The van der Waals surface area contributed by atoms with Crippen molar-refractivity contribution in [1.82, 2.24) is 10.3 Å². The van der Waals surface area contributed by atoms with Crippen LogP contribution < -0.4 is 9.44 Å². The normalized spacial score (nSPS) is 11.6. The third-order valence-electron chi connectivity index (χ3n) is 4.44. The van der Waals surface area contributed by atoms with E-state index in [2.05, 4.69) is 51.6 Å². The van der Waals surface area contributed by atoms with Crippen molar-refractivity contribution in [2.75, 3.05) is 9.44 Å². The largest absolute Gasteiger partial charge is 0.336 e. The van der Waals surface area contributed by atoms with E-state index < -0.39 is 20.0 Å². The van der Waals surface area contributed by atoms with Gasteiger partial charge in [-0.15, -0.1) is 0 Å². The Kier molecular flexibility index (Phi) is 10.1. The van der Waals surface area contributed by atoms with Crippen LogP contribution in [0.2, 0.25) is 20.1 Å². The number of rotatable bonds is 6. The van der Waals surface area contributed by atoms with Crippen molar-refractivity contribution < 1.29 is 25.9 Å². The van der Waals surface area contributed by atoms with E-state index in [1.54, 1.807) is 13.8 Å². The number of hydrogen-bond donors (Lipinski definition) is 2. The smallest absolute Gasteiger partial charge is 0.264 e. The van der Waals surface area contributed by atoms with Gasteiger partial charge in [-0.05, 0) is 82.1 Å². The zero-order valence-corrected chi connectivity index (χ0v) is 26.7. The van der Waals surface area contributed by atoms with Gasteiger partial charge in [0.15, 0.2) is 0 Å². The summed E-state index contributed by atoms with van der Waals surface area (Å²) in [7, 11) is -7.64. The number of nitrogens with zero attached hydrogens (tertiary/aromatic N) is 2. The van der Waals surface area contributed by atoms with E-state index in [-0.39, 0.29) is 41.6 Å². The molecule has 204 valence electrons. The van der Waals surface area contributed by atoms with E-state index in [0.717, 1.165) is 0 Å². The number of halogens is 6. The van der Waals surface area contributed by atoms with Gasteiger partial charge in [0.05, 0.1) is 41.3 Å². The van der Waals surface area contributed by atoms with Crippen molar-refractivity contribution in [1.29, 1.82) is 0 Å². The minimum Gasteiger partial charge on any atom is -0.336 e. The molecule has 10 nitrogen and oxygen atoms in total. The van der Waals surface area contributed by atoms with Crippen molar-refractivity contribution in [2.45, 2.75) is 23.6 Å². The lowest BCUT2D eigenvalue weighted by atomic mass is 10.4. The van der Waals surface area contributed by atoms with Gasteiger partial charge in [-0.3, -0.25) is 0 Å². The fraction of sp³-hybridized carbons (Fsp3) is 0.100. The molecule has 0 saturated carbocycles. The average Bonchev–Trinajstić information content (AvgIpc) is 3.32. The molecule has 0 saturated heterocycles. The van der Waals surface area contributed by atoms with Gasteiger partial charge in [-0.2, -0.15) is 0 Å². The van der Waals surface area contributed by atoms with Crippen molar-refractivity contribution in [2.24, 2.45) is 0 Å². The summed E-state index contributed by atoms with van der Waals surface area (Å²) in [6.07, 6.45) is 0. The van der Waals surface area contributed by atoms with Crippen LogP contribution in [-0.4, -0.2) is 27.1 Å². The Labute approximate surface area is 254 Å². The second-order valence-corrected chi connectivity index (χ2v) is 13.8. The molecule has 4 aromatic rings. The van der Waals surface area contributed by atoms with Crippen LogP contribution >= 0.6 is 78.3 Å². The van der Waals surface area contributed by atoms with Gasteiger partial charge in [0.2, 0.25) is 0 Å². The van der Waals surface area contributed by atoms with Gasteiger partial charge in [0, 0.05) is 0 Å². The van der Waals surface area contributed by atoms with Crippen LogP contribution in [0.5, 0.6) is 0 Å². The molecule has 0 spiro atoms. The summed E-state index contributed by atoms with van der Waals surface area (Å²) < 4.78 is 63.6. The SMILES string of the molecule is Cc1noc(NS(=O)(=O)c2ccc(Cl)c(Cl)c2)c1Br.Cc1noc(NS(=O)(=O)c2ccc(Cl)c(Cl)c2)c1Br. The highest BCUT2D eigenvalue weighted by Gasteiger charge is 2.22. The summed E-state index contributed by atoms with van der Waals surface area (Å²) in [5.74, 6) is 0.00662. The molecule has 0 aliphatic rings. The summed E-state index contributed by atoms with van der Waals surface area (Å²) in [5.41, 5.74) is 1.07. The number of aryl methyl sites for hydroxylation is 2. The van der Waals surface area contributed by atoms with E-state index in [0.29, 0.717) is 20.3 Å². The van der Waals surface area contributed by atoms with Gasteiger partial charge in [0.1, 0.15) is 8.95 Å². The minimum absolute atomic E-state index is 0.00331. The standard InChI is InChI=1S/2C10H7BrCl2N2O3S/c2*1-5-9(11)10(18-14-5)15-19(16,17)6-2-3-7(12)8(13)4-6/h2*2-4,15H,1H3. The van der Waals surface area contributed by atoms with Gasteiger partial charge in [0.25, 0.3) is 31.8 Å². The zero-order valence-electron chi connectivity index (χ0n) is 18.9. The number of nitrogens with one attached hydrogen (secondary N) is 2. The second-order valence-electron chi connectivity index (χ2n) is 7.19. The highest BCUT2D eigenvalue weighted by atomic mass is 79.9. The van der Waals surface area contributed by atoms with Crippen molar-refractivity contribution in [3.05, 3.63) is 76.8 Å². The number of benzene rings is 2. The third kappa shape index (κ3) is 7.36. The Bertz CT molecular complexity index is 1590.